The molecule has 1 aromatic carbocycles. The molecule has 1 saturated heterocycles. The number of aryl methyl sites for hydroxylation is 1. The van der Waals surface area contributed by atoms with Crippen molar-refractivity contribution in [1.82, 2.24) is 15.4 Å². The van der Waals surface area contributed by atoms with E-state index in [2.05, 4.69) is 59.6 Å². The number of likely N-dealkylation sites (N-methyl/N-ethyl adjacent to an activating group) is 1. The molecule has 0 amide bonds. The Hall–Kier alpha value is -1.65. The Balaban J connectivity index is 1.70. The summed E-state index contributed by atoms with van der Waals surface area (Å²) in [5.74, 6) is 0.944. The van der Waals surface area contributed by atoms with Crippen LogP contribution in [0.3, 0.4) is 0 Å². The van der Waals surface area contributed by atoms with Crippen LogP contribution in [-0.4, -0.2) is 35.7 Å². The lowest BCUT2D eigenvalue weighted by atomic mass is 10.1. The molecule has 1 aromatic heterocycles. The zero-order valence-electron chi connectivity index (χ0n) is 12.8. The maximum absolute atomic E-state index is 5.53. The molecule has 0 radical (unpaired) electrons. The molecule has 4 nitrogen and oxygen atoms in total. The molecule has 1 aliphatic heterocycles. The fourth-order valence-corrected chi connectivity index (χ4v) is 2.90. The van der Waals surface area contributed by atoms with Crippen molar-refractivity contribution >= 4 is 0 Å². The lowest BCUT2D eigenvalue weighted by Crippen LogP contribution is -2.36. The van der Waals surface area contributed by atoms with Gasteiger partial charge in [0, 0.05) is 24.2 Å². The summed E-state index contributed by atoms with van der Waals surface area (Å²) in [6.45, 7) is 8.36. The number of nitrogens with one attached hydrogen (secondary N) is 1. The fraction of sp³-hybridized carbons (Fsp3) is 0.471. The normalized spacial score (nSPS) is 18.5. The van der Waals surface area contributed by atoms with Gasteiger partial charge in [0.15, 0.2) is 5.76 Å². The van der Waals surface area contributed by atoms with Gasteiger partial charge in [-0.25, -0.2) is 0 Å². The van der Waals surface area contributed by atoms with Gasteiger partial charge in [0.25, 0.3) is 0 Å². The van der Waals surface area contributed by atoms with Crippen molar-refractivity contribution in [3.05, 3.63) is 41.7 Å². The predicted octanol–water partition coefficient (Wildman–Crippen LogP) is 2.83. The summed E-state index contributed by atoms with van der Waals surface area (Å²) in [5.41, 5.74) is 3.29. The van der Waals surface area contributed by atoms with Crippen LogP contribution in [-0.2, 0) is 6.54 Å². The van der Waals surface area contributed by atoms with Crippen LogP contribution in [0, 0.1) is 6.92 Å². The molecule has 1 atom stereocenters. The highest BCUT2D eigenvalue weighted by molar-refractivity contribution is 5.59. The highest BCUT2D eigenvalue weighted by Gasteiger charge is 2.22. The van der Waals surface area contributed by atoms with E-state index in [1.54, 1.807) is 0 Å². The first kappa shape index (κ1) is 14.3. The summed E-state index contributed by atoms with van der Waals surface area (Å²) in [5, 5.41) is 7.63. The molecule has 2 heterocycles. The topological polar surface area (TPSA) is 41.3 Å². The van der Waals surface area contributed by atoms with Gasteiger partial charge in [-0.05, 0) is 26.4 Å². The molecule has 21 heavy (non-hydrogen) atoms. The lowest BCUT2D eigenvalue weighted by molar-refractivity contribution is 0.187. The molecule has 4 heteroatoms. The van der Waals surface area contributed by atoms with E-state index in [0.29, 0.717) is 6.04 Å². The molecule has 0 saturated carbocycles. The second-order valence-corrected chi connectivity index (χ2v) is 5.75. The zero-order chi connectivity index (χ0) is 14.7. The van der Waals surface area contributed by atoms with Crippen LogP contribution in [0.4, 0.5) is 0 Å². The third-order valence-electron chi connectivity index (χ3n) is 4.22. The maximum atomic E-state index is 5.53. The standard InChI is InChI=1S/C17H23N3O/c1-3-20(15-8-9-18-11-15)12-16-10-17(19-21-16)14-6-4-13(2)5-7-14/h4-7,10,15,18H,3,8-9,11-12H2,1-2H3. The second-order valence-electron chi connectivity index (χ2n) is 5.75. The quantitative estimate of drug-likeness (QED) is 0.917. The first-order valence-corrected chi connectivity index (χ1v) is 7.73. The first-order chi connectivity index (χ1) is 10.3. The van der Waals surface area contributed by atoms with E-state index < -0.39 is 0 Å². The largest absolute Gasteiger partial charge is 0.359 e. The molecule has 1 N–H and O–H groups in total. The average molecular weight is 285 g/mol. The number of hydrogen-bond acceptors (Lipinski definition) is 4. The molecular formula is C17H23N3O. The van der Waals surface area contributed by atoms with Crippen LogP contribution < -0.4 is 5.32 Å². The molecule has 3 rings (SSSR count). The van der Waals surface area contributed by atoms with Crippen molar-refractivity contribution in [3.8, 4) is 11.3 Å². The van der Waals surface area contributed by atoms with Crippen molar-refractivity contribution in [2.45, 2.75) is 32.9 Å². The Morgan fingerprint density at radius 3 is 2.81 bits per heavy atom. The Bertz CT molecular complexity index is 570. The van der Waals surface area contributed by atoms with Crippen LogP contribution in [0.2, 0.25) is 0 Å². The maximum Gasteiger partial charge on any atom is 0.151 e. The molecule has 1 aliphatic rings. The highest BCUT2D eigenvalue weighted by Crippen LogP contribution is 2.21. The van der Waals surface area contributed by atoms with Crippen LogP contribution in [0.5, 0.6) is 0 Å². The number of nitrogens with zero attached hydrogens (tertiary/aromatic N) is 2. The van der Waals surface area contributed by atoms with Gasteiger partial charge in [0.2, 0.25) is 0 Å². The summed E-state index contributed by atoms with van der Waals surface area (Å²) >= 11 is 0. The number of benzene rings is 1. The highest BCUT2D eigenvalue weighted by atomic mass is 16.5. The van der Waals surface area contributed by atoms with E-state index in [0.717, 1.165) is 43.2 Å². The van der Waals surface area contributed by atoms with E-state index in [1.807, 2.05) is 0 Å². The van der Waals surface area contributed by atoms with Gasteiger partial charge >= 0.3 is 0 Å². The van der Waals surface area contributed by atoms with Gasteiger partial charge in [-0.1, -0.05) is 41.9 Å². The van der Waals surface area contributed by atoms with Gasteiger partial charge in [-0.2, -0.15) is 0 Å². The lowest BCUT2D eigenvalue weighted by Gasteiger charge is -2.25. The molecule has 0 spiro atoms. The van der Waals surface area contributed by atoms with E-state index in [9.17, 15) is 0 Å². The van der Waals surface area contributed by atoms with Crippen molar-refractivity contribution in [1.29, 1.82) is 0 Å². The van der Waals surface area contributed by atoms with E-state index in [-0.39, 0.29) is 0 Å². The SMILES string of the molecule is CCN(Cc1cc(-c2ccc(C)cc2)no1)C1CCNC1. The number of rotatable bonds is 5. The Morgan fingerprint density at radius 1 is 1.33 bits per heavy atom. The summed E-state index contributed by atoms with van der Waals surface area (Å²) in [7, 11) is 0. The van der Waals surface area contributed by atoms with E-state index >= 15 is 0 Å². The van der Waals surface area contributed by atoms with Gasteiger partial charge in [0.1, 0.15) is 5.69 Å². The number of hydrogen-bond donors (Lipinski definition) is 1. The van der Waals surface area contributed by atoms with Gasteiger partial charge in [0.05, 0.1) is 6.54 Å². The van der Waals surface area contributed by atoms with Crippen molar-refractivity contribution in [2.75, 3.05) is 19.6 Å². The molecule has 2 aromatic rings. The third kappa shape index (κ3) is 3.34. The van der Waals surface area contributed by atoms with Gasteiger partial charge < -0.3 is 9.84 Å². The molecule has 112 valence electrons. The summed E-state index contributed by atoms with van der Waals surface area (Å²) in [4.78, 5) is 2.46. The van der Waals surface area contributed by atoms with Crippen LogP contribution in [0.1, 0.15) is 24.7 Å². The average Bonchev–Trinajstić information content (AvgIpc) is 3.17. The monoisotopic (exact) mass is 285 g/mol. The Morgan fingerprint density at radius 2 is 2.14 bits per heavy atom. The van der Waals surface area contributed by atoms with E-state index in [1.165, 1.54) is 12.0 Å². The minimum absolute atomic E-state index is 0.614. The van der Waals surface area contributed by atoms with Crippen molar-refractivity contribution in [3.63, 3.8) is 0 Å². The molecular weight excluding hydrogens is 262 g/mol. The molecule has 1 fully saturated rings. The molecule has 1 unspecified atom stereocenters. The zero-order valence-corrected chi connectivity index (χ0v) is 12.8. The third-order valence-corrected chi connectivity index (χ3v) is 4.22. The summed E-state index contributed by atoms with van der Waals surface area (Å²) < 4.78 is 5.53. The summed E-state index contributed by atoms with van der Waals surface area (Å²) in [6, 6.07) is 11.1. The Labute approximate surface area is 126 Å². The predicted molar refractivity (Wildman–Crippen MR) is 84.0 cm³/mol. The molecule has 0 aliphatic carbocycles. The van der Waals surface area contributed by atoms with E-state index in [4.69, 9.17) is 4.52 Å². The van der Waals surface area contributed by atoms with Crippen molar-refractivity contribution < 1.29 is 4.52 Å². The van der Waals surface area contributed by atoms with Crippen molar-refractivity contribution in [2.24, 2.45) is 0 Å². The van der Waals surface area contributed by atoms with Crippen LogP contribution in [0.15, 0.2) is 34.9 Å². The minimum atomic E-state index is 0.614. The molecule has 0 bridgehead atoms. The Kier molecular flexibility index (Phi) is 4.36. The van der Waals surface area contributed by atoms with Gasteiger partial charge in [-0.15, -0.1) is 0 Å². The first-order valence-electron chi connectivity index (χ1n) is 7.73. The smallest absolute Gasteiger partial charge is 0.151 e. The fourth-order valence-electron chi connectivity index (χ4n) is 2.90. The summed E-state index contributed by atoms with van der Waals surface area (Å²) in [6.07, 6.45) is 1.22. The minimum Gasteiger partial charge on any atom is -0.359 e. The van der Waals surface area contributed by atoms with Gasteiger partial charge in [-0.3, -0.25) is 4.90 Å². The van der Waals surface area contributed by atoms with Crippen LogP contribution >= 0.6 is 0 Å². The second kappa shape index (κ2) is 6.41. The number of aromatic nitrogens is 1. The van der Waals surface area contributed by atoms with Crippen LogP contribution in [0.25, 0.3) is 11.3 Å².